The zero-order valence-electron chi connectivity index (χ0n) is 15.7. The van der Waals surface area contributed by atoms with E-state index in [9.17, 15) is 13.2 Å². The molecule has 1 atom stereocenters. The molecule has 8 heteroatoms. The summed E-state index contributed by atoms with van der Waals surface area (Å²) in [5.74, 6) is 0.616. The highest BCUT2D eigenvalue weighted by atomic mass is 19.4. The fourth-order valence-electron chi connectivity index (χ4n) is 3.12. The van der Waals surface area contributed by atoms with Crippen molar-refractivity contribution in [2.45, 2.75) is 45.0 Å². The number of rotatable bonds is 3. The van der Waals surface area contributed by atoms with E-state index >= 15 is 0 Å². The second-order valence-electron chi connectivity index (χ2n) is 7.89. The normalized spacial score (nSPS) is 16.9. The molecule has 148 valence electrons. The molecule has 1 aliphatic heterocycles. The van der Waals surface area contributed by atoms with E-state index in [-0.39, 0.29) is 18.1 Å². The molecule has 0 saturated heterocycles. The average Bonchev–Trinajstić information content (AvgIpc) is 3.15. The summed E-state index contributed by atoms with van der Waals surface area (Å²) in [7, 11) is 0. The van der Waals surface area contributed by atoms with Gasteiger partial charge >= 0.3 is 6.18 Å². The van der Waals surface area contributed by atoms with Crippen molar-refractivity contribution in [3.05, 3.63) is 47.8 Å². The molecule has 0 amide bonds. The van der Waals surface area contributed by atoms with Crippen molar-refractivity contribution in [3.63, 3.8) is 0 Å². The Morgan fingerprint density at radius 2 is 1.96 bits per heavy atom. The van der Waals surface area contributed by atoms with Crippen LogP contribution >= 0.6 is 0 Å². The standard InChI is InChI=1S/C20H20F3N3O2/c1-19(2,3)17-7-5-13(9-24-17)27-11-14-10-26-16-8-12(20(21,22)23)4-6-15(16)25-18(26)28-14/h4-9,14H,10-11H2,1-3H3/t14-/m0/s1. The Hall–Kier alpha value is -2.77. The third-order valence-electron chi connectivity index (χ3n) is 4.64. The number of hydrogen-bond donors (Lipinski definition) is 0. The number of halogens is 3. The number of fused-ring (bicyclic) bond motifs is 3. The largest absolute Gasteiger partial charge is 0.488 e. The van der Waals surface area contributed by atoms with Crippen molar-refractivity contribution >= 4 is 11.0 Å². The van der Waals surface area contributed by atoms with Gasteiger partial charge in [0.15, 0.2) is 6.10 Å². The minimum absolute atomic E-state index is 0.0430. The highest BCUT2D eigenvalue weighted by Crippen LogP contribution is 2.34. The number of alkyl halides is 3. The lowest BCUT2D eigenvalue weighted by Crippen LogP contribution is -2.23. The number of nitrogens with zero attached hydrogens (tertiary/aromatic N) is 3. The molecule has 0 bridgehead atoms. The molecule has 3 aromatic rings. The predicted octanol–water partition coefficient (Wildman–Crippen LogP) is 4.59. The van der Waals surface area contributed by atoms with E-state index in [1.165, 1.54) is 6.07 Å². The van der Waals surface area contributed by atoms with Crippen molar-refractivity contribution in [3.8, 4) is 11.8 Å². The molecule has 0 N–H and O–H groups in total. The van der Waals surface area contributed by atoms with Gasteiger partial charge in [-0.3, -0.25) is 9.55 Å². The Bertz CT molecular complexity index is 1000. The summed E-state index contributed by atoms with van der Waals surface area (Å²) in [6.45, 7) is 6.87. The molecule has 1 aliphatic rings. The van der Waals surface area contributed by atoms with Crippen molar-refractivity contribution in [2.75, 3.05) is 6.61 Å². The first kappa shape index (κ1) is 18.6. The number of ether oxygens (including phenoxy) is 2. The smallest absolute Gasteiger partial charge is 0.416 e. The molecular formula is C20H20F3N3O2. The van der Waals surface area contributed by atoms with Crippen LogP contribution in [-0.4, -0.2) is 27.2 Å². The lowest BCUT2D eigenvalue weighted by molar-refractivity contribution is -0.137. The van der Waals surface area contributed by atoms with Crippen LogP contribution < -0.4 is 9.47 Å². The second-order valence-corrected chi connectivity index (χ2v) is 7.89. The third kappa shape index (κ3) is 3.50. The Labute approximate surface area is 160 Å². The molecule has 0 spiro atoms. The monoisotopic (exact) mass is 391 g/mol. The first-order valence-electron chi connectivity index (χ1n) is 8.95. The number of pyridine rings is 1. The van der Waals surface area contributed by atoms with Crippen molar-refractivity contribution in [1.82, 2.24) is 14.5 Å². The summed E-state index contributed by atoms with van der Waals surface area (Å²) in [5, 5.41) is 0. The SMILES string of the molecule is CC(C)(C)c1ccc(OC[C@@H]2Cn3c(nc4ccc(C(F)(F)F)cc43)O2)cn1. The van der Waals surface area contributed by atoms with Gasteiger partial charge < -0.3 is 9.47 Å². The molecule has 5 nitrogen and oxygen atoms in total. The fraction of sp³-hybridized carbons (Fsp3) is 0.400. The minimum atomic E-state index is -4.40. The molecule has 0 fully saturated rings. The molecule has 3 heterocycles. The number of hydrogen-bond acceptors (Lipinski definition) is 4. The predicted molar refractivity (Wildman–Crippen MR) is 97.6 cm³/mol. The lowest BCUT2D eigenvalue weighted by atomic mass is 9.92. The van der Waals surface area contributed by atoms with Crippen LogP contribution in [0.4, 0.5) is 13.2 Å². The Morgan fingerprint density at radius 3 is 2.61 bits per heavy atom. The molecule has 28 heavy (non-hydrogen) atoms. The molecular weight excluding hydrogens is 371 g/mol. The van der Waals surface area contributed by atoms with Crippen LogP contribution in [0.3, 0.4) is 0 Å². The zero-order chi connectivity index (χ0) is 20.1. The van der Waals surface area contributed by atoms with Crippen molar-refractivity contribution in [2.24, 2.45) is 0 Å². The molecule has 0 radical (unpaired) electrons. The van der Waals surface area contributed by atoms with Gasteiger partial charge in [-0.05, 0) is 30.3 Å². The van der Waals surface area contributed by atoms with Crippen LogP contribution in [0.15, 0.2) is 36.5 Å². The van der Waals surface area contributed by atoms with Gasteiger partial charge in [0.25, 0.3) is 6.01 Å². The summed E-state index contributed by atoms with van der Waals surface area (Å²) in [5.41, 5.74) is 1.10. The van der Waals surface area contributed by atoms with Gasteiger partial charge in [-0.1, -0.05) is 20.8 Å². The molecule has 2 aromatic heterocycles. The van der Waals surface area contributed by atoms with Crippen molar-refractivity contribution < 1.29 is 22.6 Å². The maximum absolute atomic E-state index is 13.0. The summed E-state index contributed by atoms with van der Waals surface area (Å²) < 4.78 is 52.1. The van der Waals surface area contributed by atoms with Gasteiger partial charge in [-0.25, -0.2) is 0 Å². The quantitative estimate of drug-likeness (QED) is 0.655. The fourth-order valence-corrected chi connectivity index (χ4v) is 3.12. The number of imidazole rings is 1. The topological polar surface area (TPSA) is 49.2 Å². The van der Waals surface area contributed by atoms with Gasteiger partial charge in [-0.2, -0.15) is 18.2 Å². The third-order valence-corrected chi connectivity index (χ3v) is 4.64. The van der Waals surface area contributed by atoms with Gasteiger partial charge in [0.05, 0.1) is 29.3 Å². The molecule has 4 rings (SSSR count). The summed E-state index contributed by atoms with van der Waals surface area (Å²) in [6.07, 6.45) is -3.06. The first-order valence-corrected chi connectivity index (χ1v) is 8.95. The van der Waals surface area contributed by atoms with Crippen molar-refractivity contribution in [1.29, 1.82) is 0 Å². The maximum atomic E-state index is 13.0. The number of benzene rings is 1. The highest BCUT2D eigenvalue weighted by Gasteiger charge is 2.33. The van der Waals surface area contributed by atoms with Crippen LogP contribution in [0.25, 0.3) is 11.0 Å². The van der Waals surface area contributed by atoms with E-state index in [1.807, 2.05) is 12.1 Å². The van der Waals surface area contributed by atoms with E-state index in [0.29, 0.717) is 29.3 Å². The maximum Gasteiger partial charge on any atom is 0.416 e. The van der Waals surface area contributed by atoms with Gasteiger partial charge in [-0.15, -0.1) is 0 Å². The Kier molecular flexibility index (Phi) is 4.24. The van der Waals surface area contributed by atoms with E-state index < -0.39 is 11.7 Å². The van der Waals surface area contributed by atoms with Crippen LogP contribution in [0.5, 0.6) is 11.8 Å². The Balaban J connectivity index is 1.45. The minimum Gasteiger partial charge on any atom is -0.488 e. The molecule has 0 unspecified atom stereocenters. The summed E-state index contributed by atoms with van der Waals surface area (Å²) >= 11 is 0. The van der Waals surface area contributed by atoms with Crippen LogP contribution in [0.1, 0.15) is 32.0 Å². The molecule has 1 aromatic carbocycles. The van der Waals surface area contributed by atoms with Gasteiger partial charge in [0.1, 0.15) is 12.4 Å². The van der Waals surface area contributed by atoms with Crippen LogP contribution in [0, 0.1) is 0 Å². The van der Waals surface area contributed by atoms with Crippen LogP contribution in [-0.2, 0) is 18.1 Å². The van der Waals surface area contributed by atoms with E-state index in [1.54, 1.807) is 10.8 Å². The van der Waals surface area contributed by atoms with E-state index in [0.717, 1.165) is 17.8 Å². The van der Waals surface area contributed by atoms with Crippen LogP contribution in [0.2, 0.25) is 0 Å². The number of aromatic nitrogens is 3. The molecule has 0 aliphatic carbocycles. The second kappa shape index (κ2) is 6.39. The molecule has 0 saturated carbocycles. The van der Waals surface area contributed by atoms with Gasteiger partial charge in [0, 0.05) is 11.1 Å². The summed E-state index contributed by atoms with van der Waals surface area (Å²) in [4.78, 5) is 8.67. The zero-order valence-corrected chi connectivity index (χ0v) is 15.7. The van der Waals surface area contributed by atoms with Gasteiger partial charge in [0.2, 0.25) is 0 Å². The Morgan fingerprint density at radius 1 is 1.18 bits per heavy atom. The summed E-state index contributed by atoms with van der Waals surface area (Å²) in [6, 6.07) is 7.58. The lowest BCUT2D eigenvalue weighted by Gasteiger charge is -2.18. The average molecular weight is 391 g/mol. The van der Waals surface area contributed by atoms with E-state index in [2.05, 4.69) is 30.7 Å². The first-order chi connectivity index (χ1) is 13.1. The van der Waals surface area contributed by atoms with E-state index in [4.69, 9.17) is 9.47 Å². The highest BCUT2D eigenvalue weighted by molar-refractivity contribution is 5.78.